The molecule has 0 heterocycles. The minimum Gasteiger partial charge on any atom is -1.00 e. The van der Waals surface area contributed by atoms with Crippen molar-refractivity contribution in [3.8, 4) is 0 Å². The molecule has 0 aliphatic carbocycles. The van der Waals surface area contributed by atoms with Crippen LogP contribution in [0.3, 0.4) is 0 Å². The van der Waals surface area contributed by atoms with Crippen molar-refractivity contribution < 1.29 is 78.3 Å². The molecule has 0 saturated carbocycles. The summed E-state index contributed by atoms with van der Waals surface area (Å²) in [6.45, 7) is 0. The molecule has 0 aromatic carbocycles. The van der Waals surface area contributed by atoms with Gasteiger partial charge in [0.2, 0.25) is 0 Å². The van der Waals surface area contributed by atoms with E-state index in [2.05, 4.69) is 0 Å². The maximum absolute atomic E-state index is 8.88. The van der Waals surface area contributed by atoms with Crippen LogP contribution in [0.2, 0.25) is 0 Å². The van der Waals surface area contributed by atoms with E-state index in [9.17, 15) is 0 Å². The van der Waals surface area contributed by atoms with Gasteiger partial charge in [-0.25, -0.2) is 4.57 Å². The van der Waals surface area contributed by atoms with Crippen molar-refractivity contribution in [1.29, 1.82) is 0 Å². The molecule has 0 fully saturated rings. The first-order chi connectivity index (χ1) is 5.46. The maximum Gasteiger partial charge on any atom is 1.00 e. The largest absolute Gasteiger partial charge is 1.00 e. The molecule has 14 heavy (non-hydrogen) atoms. The van der Waals surface area contributed by atoms with Crippen molar-refractivity contribution in [2.75, 3.05) is 0 Å². The summed E-state index contributed by atoms with van der Waals surface area (Å²) in [4.78, 5) is 50.2. The number of hydrogen-bond acceptors (Lipinski definition) is 3. The summed E-state index contributed by atoms with van der Waals surface area (Å²) < 4.78 is 26.4. The van der Waals surface area contributed by atoms with Gasteiger partial charge in [0, 0.05) is 0 Å². The van der Waals surface area contributed by atoms with Gasteiger partial charge in [0.15, 0.2) is 0 Å². The summed E-state index contributed by atoms with van der Waals surface area (Å²) in [5.41, 5.74) is 0. The third kappa shape index (κ3) is 13400. The summed E-state index contributed by atoms with van der Waals surface area (Å²) in [6, 6.07) is 0. The van der Waals surface area contributed by atoms with Crippen LogP contribution >= 0.6 is 7.82 Å². The van der Waals surface area contributed by atoms with E-state index in [4.69, 9.17) is 47.4 Å². The van der Waals surface area contributed by atoms with Crippen molar-refractivity contribution in [2.45, 2.75) is 0 Å². The predicted octanol–water partition coefficient (Wildman–Crippen LogP) is -7.04. The number of rotatable bonds is 0. The topological polar surface area (TPSA) is 193 Å². The third-order valence-electron chi connectivity index (χ3n) is 0. The van der Waals surface area contributed by atoms with E-state index in [1.165, 1.54) is 0 Å². The molecule has 0 aromatic heterocycles. The minimum absolute atomic E-state index is 0. The normalized spacial score (nSPS) is 7.64. The Morgan fingerprint density at radius 2 is 0.857 bits per heavy atom. The van der Waals surface area contributed by atoms with Gasteiger partial charge in [-0.3, -0.25) is 8.92 Å². The molecule has 0 rings (SSSR count). The van der Waals surface area contributed by atoms with Gasteiger partial charge in [-0.15, -0.1) is 0 Å². The van der Waals surface area contributed by atoms with E-state index in [0.29, 0.717) is 0 Å². The van der Waals surface area contributed by atoms with Crippen LogP contribution in [0, 0.1) is 0 Å². The second kappa shape index (κ2) is 13.3. The molecule has 0 aliphatic heterocycles. The molecule has 10 nitrogen and oxygen atoms in total. The van der Waals surface area contributed by atoms with Gasteiger partial charge in [0.1, 0.15) is 0 Å². The van der Waals surface area contributed by atoms with Gasteiger partial charge in [-0.05, 0) is 0 Å². The summed E-state index contributed by atoms with van der Waals surface area (Å²) in [7, 11) is -10.9. The van der Waals surface area contributed by atoms with Gasteiger partial charge >= 0.3 is 55.7 Å². The number of hydrogen-bond donors (Lipinski definition) is 7. The molecule has 0 aliphatic rings. The van der Waals surface area contributed by atoms with Crippen molar-refractivity contribution in [2.24, 2.45) is 0 Å². The van der Waals surface area contributed by atoms with Crippen molar-refractivity contribution >= 4 is 26.2 Å². The first-order valence-corrected chi connectivity index (χ1v) is 6.26. The van der Waals surface area contributed by atoms with Gasteiger partial charge in [-0.2, -0.15) is 0 Å². The molecule has 0 radical (unpaired) electrons. The molecule has 0 spiro atoms. The van der Waals surface area contributed by atoms with E-state index in [0.717, 1.165) is 0 Å². The van der Waals surface area contributed by atoms with Gasteiger partial charge < -0.3 is 35.3 Å². The van der Waals surface area contributed by atoms with Gasteiger partial charge in [-0.1, -0.05) is 0 Å². The molecule has 0 aromatic rings. The van der Waals surface area contributed by atoms with E-state index in [-0.39, 0.29) is 31.0 Å². The Labute approximate surface area is 104 Å². The van der Waals surface area contributed by atoms with E-state index in [1.807, 2.05) is 0 Å². The SMILES string of the molecule is O=P(O)(O)O.O=[Si](O)O.O=[Si](O)O.[H-].[Na+]. The molecule has 0 amide bonds. The average molecular weight is 278 g/mol. The van der Waals surface area contributed by atoms with Crippen molar-refractivity contribution in [3.05, 3.63) is 0 Å². The Hall–Kier alpha value is 0.344. The standard InChI is InChI=1S/Na.H3O4P.2H2O3Si.H/c;1-5(2,3)4;2*1-4(2)3;/h;(H3,1,2,3,4);2*1-2H;/q+1;;;;-1. The summed E-state index contributed by atoms with van der Waals surface area (Å²) in [6.07, 6.45) is 0. The Balaban J connectivity index is -0.0000000315. The fourth-order valence-electron chi connectivity index (χ4n) is 0. The van der Waals surface area contributed by atoms with E-state index < -0.39 is 26.2 Å². The second-order valence-corrected chi connectivity index (χ2v) is 3.24. The Kier molecular flexibility index (Phi) is 22.8. The van der Waals surface area contributed by atoms with Crippen LogP contribution < -0.4 is 29.6 Å². The second-order valence-electron chi connectivity index (χ2n) is 1.08. The molecule has 0 saturated heterocycles. The number of phosphoric acid groups is 1. The molecule has 0 unspecified atom stereocenters. The minimum atomic E-state index is -4.64. The average Bonchev–Trinajstić information content (AvgIpc) is 1.50. The smallest absolute Gasteiger partial charge is 1.00 e. The van der Waals surface area contributed by atoms with Crippen LogP contribution in [-0.2, 0) is 13.5 Å². The quantitative estimate of drug-likeness (QED) is 0.165. The maximum atomic E-state index is 8.88. The van der Waals surface area contributed by atoms with Crippen LogP contribution in [0.5, 0.6) is 0 Å². The van der Waals surface area contributed by atoms with Gasteiger partial charge in [0.05, 0.1) is 0 Å². The molecular formula is H8NaO10PSi2. The zero-order valence-corrected chi connectivity index (χ0v) is 11.7. The molecule has 82 valence electrons. The van der Waals surface area contributed by atoms with Crippen molar-refractivity contribution in [1.82, 2.24) is 0 Å². The van der Waals surface area contributed by atoms with Crippen molar-refractivity contribution in [3.63, 3.8) is 0 Å². The zero-order valence-electron chi connectivity index (χ0n) is 7.80. The molecule has 0 bridgehead atoms. The molecule has 0 atom stereocenters. The third-order valence-corrected chi connectivity index (χ3v) is 0. The zero-order chi connectivity index (χ0) is 11.7. The van der Waals surface area contributed by atoms with Gasteiger partial charge in [0.25, 0.3) is 0 Å². The van der Waals surface area contributed by atoms with Crippen LogP contribution in [0.25, 0.3) is 0 Å². The van der Waals surface area contributed by atoms with Crippen LogP contribution in [-0.4, -0.2) is 52.2 Å². The van der Waals surface area contributed by atoms with E-state index in [1.54, 1.807) is 0 Å². The fraction of sp³-hybridized carbons (Fsp3) is 0. The molecule has 7 N–H and O–H groups in total. The first-order valence-electron chi connectivity index (χ1n) is 2.09. The Morgan fingerprint density at radius 3 is 0.857 bits per heavy atom. The summed E-state index contributed by atoms with van der Waals surface area (Å²) >= 11 is 0. The van der Waals surface area contributed by atoms with Crippen LogP contribution in [0.15, 0.2) is 0 Å². The summed E-state index contributed by atoms with van der Waals surface area (Å²) in [5, 5.41) is 0. The Bertz CT molecular complexity index is 171. The fourth-order valence-corrected chi connectivity index (χ4v) is 0. The molecule has 14 heteroatoms. The molecular weight excluding hydrogens is 270 g/mol. The first kappa shape index (κ1) is 23.9. The van der Waals surface area contributed by atoms with E-state index >= 15 is 0 Å². The van der Waals surface area contributed by atoms with Crippen LogP contribution in [0.1, 0.15) is 1.43 Å². The summed E-state index contributed by atoms with van der Waals surface area (Å²) in [5.74, 6) is 0. The monoisotopic (exact) mass is 278 g/mol. The Morgan fingerprint density at radius 1 is 0.857 bits per heavy atom. The van der Waals surface area contributed by atoms with Crippen LogP contribution in [0.4, 0.5) is 0 Å². The predicted molar refractivity (Wildman–Crippen MR) is 37.1 cm³/mol.